The molecule has 0 bridgehead atoms. The Balaban J connectivity index is 1.53. The number of ether oxygens (including phenoxy) is 2. The van der Waals surface area contributed by atoms with Crippen LogP contribution in [-0.2, 0) is 32.3 Å². The third kappa shape index (κ3) is 10.2. The van der Waals surface area contributed by atoms with Crippen molar-refractivity contribution in [2.45, 2.75) is 83.1 Å². The molecule has 3 rings (SSSR count). The zero-order valence-electron chi connectivity index (χ0n) is 20.2. The Labute approximate surface area is 207 Å². The van der Waals surface area contributed by atoms with Crippen LogP contribution >= 0.6 is 0 Å². The van der Waals surface area contributed by atoms with Crippen LogP contribution in [0.2, 0.25) is 0 Å². The summed E-state index contributed by atoms with van der Waals surface area (Å²) in [5.74, 6) is -0.708. The molecule has 1 aliphatic carbocycles. The monoisotopic (exact) mass is 480 g/mol. The van der Waals surface area contributed by atoms with Crippen molar-refractivity contribution >= 4 is 18.0 Å². The van der Waals surface area contributed by atoms with Crippen LogP contribution in [0.5, 0.6) is 0 Å². The van der Waals surface area contributed by atoms with Crippen molar-refractivity contribution in [3.05, 3.63) is 71.8 Å². The van der Waals surface area contributed by atoms with Crippen molar-refractivity contribution in [3.8, 4) is 0 Å². The second-order valence-electron chi connectivity index (χ2n) is 8.99. The van der Waals surface area contributed by atoms with E-state index in [-0.39, 0.29) is 38.0 Å². The lowest BCUT2D eigenvalue weighted by atomic mass is 9.96. The lowest BCUT2D eigenvalue weighted by molar-refractivity contribution is -0.145. The van der Waals surface area contributed by atoms with Gasteiger partial charge in [0.1, 0.15) is 19.3 Å². The molecular weight excluding hydrogens is 444 g/mol. The average molecular weight is 481 g/mol. The SMILES string of the molecule is O=C(CC[C@H](NC(=O)OCc1ccccc1)C(=O)NC1CCCCCCC1)OCc1ccccc1. The van der Waals surface area contributed by atoms with Crippen LogP contribution in [0.4, 0.5) is 4.79 Å². The highest BCUT2D eigenvalue weighted by atomic mass is 16.5. The molecule has 7 nitrogen and oxygen atoms in total. The number of hydrogen-bond acceptors (Lipinski definition) is 5. The first-order valence-electron chi connectivity index (χ1n) is 12.6. The molecular formula is C28H36N2O5. The molecule has 2 amide bonds. The van der Waals surface area contributed by atoms with E-state index in [2.05, 4.69) is 10.6 Å². The fraction of sp³-hybridized carbons (Fsp3) is 0.464. The number of hydrogen-bond donors (Lipinski definition) is 2. The zero-order valence-corrected chi connectivity index (χ0v) is 20.2. The fourth-order valence-electron chi connectivity index (χ4n) is 4.15. The van der Waals surface area contributed by atoms with Gasteiger partial charge < -0.3 is 20.1 Å². The molecule has 188 valence electrons. The van der Waals surface area contributed by atoms with Gasteiger partial charge in [0.25, 0.3) is 0 Å². The molecule has 35 heavy (non-hydrogen) atoms. The molecule has 2 aromatic rings. The van der Waals surface area contributed by atoms with E-state index in [1.807, 2.05) is 60.7 Å². The minimum absolute atomic E-state index is 0.00848. The van der Waals surface area contributed by atoms with E-state index < -0.39 is 18.1 Å². The highest BCUT2D eigenvalue weighted by Crippen LogP contribution is 2.17. The Bertz CT molecular complexity index is 911. The van der Waals surface area contributed by atoms with Gasteiger partial charge in [0.15, 0.2) is 0 Å². The molecule has 1 atom stereocenters. The first-order valence-corrected chi connectivity index (χ1v) is 12.6. The lowest BCUT2D eigenvalue weighted by Crippen LogP contribution is -2.50. The van der Waals surface area contributed by atoms with Crippen molar-refractivity contribution in [1.82, 2.24) is 10.6 Å². The van der Waals surface area contributed by atoms with E-state index in [1.54, 1.807) is 0 Å². The zero-order chi connectivity index (χ0) is 24.7. The highest BCUT2D eigenvalue weighted by molar-refractivity contribution is 5.86. The van der Waals surface area contributed by atoms with E-state index in [0.29, 0.717) is 0 Å². The van der Waals surface area contributed by atoms with Gasteiger partial charge in [-0.2, -0.15) is 0 Å². The molecule has 0 radical (unpaired) electrons. The normalized spacial score (nSPS) is 15.2. The summed E-state index contributed by atoms with van der Waals surface area (Å²) >= 11 is 0. The van der Waals surface area contributed by atoms with Crippen LogP contribution in [-0.4, -0.2) is 30.1 Å². The number of alkyl carbamates (subject to hydrolysis) is 1. The minimum atomic E-state index is -0.881. The smallest absolute Gasteiger partial charge is 0.408 e. The van der Waals surface area contributed by atoms with Crippen LogP contribution in [0.25, 0.3) is 0 Å². The van der Waals surface area contributed by atoms with Gasteiger partial charge in [-0.3, -0.25) is 9.59 Å². The number of benzene rings is 2. The summed E-state index contributed by atoms with van der Waals surface area (Å²) < 4.78 is 10.6. The van der Waals surface area contributed by atoms with Crippen LogP contribution in [0.15, 0.2) is 60.7 Å². The Kier molecular flexibility index (Phi) is 11.1. The summed E-state index contributed by atoms with van der Waals surface area (Å²) in [5, 5.41) is 5.74. The number of nitrogens with one attached hydrogen (secondary N) is 2. The molecule has 1 aliphatic rings. The minimum Gasteiger partial charge on any atom is -0.461 e. The largest absolute Gasteiger partial charge is 0.461 e. The lowest BCUT2D eigenvalue weighted by Gasteiger charge is -2.24. The maximum absolute atomic E-state index is 13.1. The van der Waals surface area contributed by atoms with E-state index in [0.717, 1.165) is 36.8 Å². The van der Waals surface area contributed by atoms with Crippen LogP contribution in [0.1, 0.15) is 68.9 Å². The molecule has 2 aromatic carbocycles. The second-order valence-corrected chi connectivity index (χ2v) is 8.99. The van der Waals surface area contributed by atoms with Crippen LogP contribution in [0, 0.1) is 0 Å². The standard InChI is InChI=1S/C28H36N2O5/c31-26(34-20-22-12-6-4-7-13-22)19-18-25(27(32)29-24-16-10-2-1-3-11-17-24)30-28(33)35-21-23-14-8-5-9-15-23/h4-9,12-15,24-25H,1-3,10-11,16-21H2,(H,29,32)(H,30,33)/t25-/m0/s1. The van der Waals surface area contributed by atoms with E-state index in [9.17, 15) is 14.4 Å². The van der Waals surface area contributed by atoms with E-state index in [1.165, 1.54) is 19.3 Å². The third-order valence-electron chi connectivity index (χ3n) is 6.15. The summed E-state index contributed by atoms with van der Waals surface area (Å²) in [7, 11) is 0. The Morgan fingerprint density at radius 3 is 1.91 bits per heavy atom. The Hall–Kier alpha value is -3.35. The molecule has 0 saturated heterocycles. The van der Waals surface area contributed by atoms with Crippen LogP contribution < -0.4 is 10.6 Å². The number of carbonyl (C=O) groups excluding carboxylic acids is 3. The van der Waals surface area contributed by atoms with Gasteiger partial charge in [-0.1, -0.05) is 92.8 Å². The van der Waals surface area contributed by atoms with Crippen molar-refractivity contribution < 1.29 is 23.9 Å². The first kappa shape index (κ1) is 26.3. The van der Waals surface area contributed by atoms with Gasteiger partial charge in [0, 0.05) is 12.5 Å². The van der Waals surface area contributed by atoms with Crippen molar-refractivity contribution in [3.63, 3.8) is 0 Å². The van der Waals surface area contributed by atoms with Gasteiger partial charge in [-0.25, -0.2) is 4.79 Å². The maximum atomic E-state index is 13.1. The van der Waals surface area contributed by atoms with Crippen molar-refractivity contribution in [2.75, 3.05) is 0 Å². The summed E-state index contributed by atoms with van der Waals surface area (Å²) in [6.45, 7) is 0.272. The summed E-state index contributed by atoms with van der Waals surface area (Å²) in [4.78, 5) is 37.8. The van der Waals surface area contributed by atoms with E-state index >= 15 is 0 Å². The third-order valence-corrected chi connectivity index (χ3v) is 6.15. The number of rotatable bonds is 10. The van der Waals surface area contributed by atoms with E-state index in [4.69, 9.17) is 9.47 Å². The van der Waals surface area contributed by atoms with Crippen LogP contribution in [0.3, 0.4) is 0 Å². The Morgan fingerprint density at radius 1 is 0.771 bits per heavy atom. The molecule has 0 heterocycles. The molecule has 0 aromatic heterocycles. The highest BCUT2D eigenvalue weighted by Gasteiger charge is 2.25. The molecule has 0 aliphatic heterocycles. The number of amides is 2. The van der Waals surface area contributed by atoms with Gasteiger partial charge in [-0.05, 0) is 30.4 Å². The molecule has 0 spiro atoms. The molecule has 0 unspecified atom stereocenters. The molecule has 7 heteroatoms. The fourth-order valence-corrected chi connectivity index (χ4v) is 4.15. The molecule has 1 fully saturated rings. The first-order chi connectivity index (χ1) is 17.1. The molecule has 2 N–H and O–H groups in total. The Morgan fingerprint density at radius 2 is 1.31 bits per heavy atom. The maximum Gasteiger partial charge on any atom is 0.408 e. The van der Waals surface area contributed by atoms with Gasteiger partial charge in [0.05, 0.1) is 0 Å². The van der Waals surface area contributed by atoms with Gasteiger partial charge in [0.2, 0.25) is 5.91 Å². The topological polar surface area (TPSA) is 93.7 Å². The number of esters is 1. The predicted octanol–water partition coefficient (Wildman–Crippen LogP) is 5.03. The van der Waals surface area contributed by atoms with Crippen molar-refractivity contribution in [2.24, 2.45) is 0 Å². The summed E-state index contributed by atoms with van der Waals surface area (Å²) in [6, 6.07) is 17.9. The second kappa shape index (κ2) is 14.8. The molecule has 1 saturated carbocycles. The number of carbonyl (C=O) groups is 3. The average Bonchev–Trinajstić information content (AvgIpc) is 2.86. The van der Waals surface area contributed by atoms with Gasteiger partial charge >= 0.3 is 12.1 Å². The summed E-state index contributed by atoms with van der Waals surface area (Å²) in [6.07, 6.45) is 7.04. The predicted molar refractivity (Wildman–Crippen MR) is 133 cm³/mol. The quantitative estimate of drug-likeness (QED) is 0.465. The van der Waals surface area contributed by atoms with Crippen molar-refractivity contribution in [1.29, 1.82) is 0 Å². The van der Waals surface area contributed by atoms with Gasteiger partial charge in [-0.15, -0.1) is 0 Å². The summed E-state index contributed by atoms with van der Waals surface area (Å²) in [5.41, 5.74) is 1.74.